The first-order valence-electron chi connectivity index (χ1n) is 9.62. The summed E-state index contributed by atoms with van der Waals surface area (Å²) in [5.74, 6) is -2.17. The molecule has 0 unspecified atom stereocenters. The van der Waals surface area contributed by atoms with Crippen LogP contribution in [0.1, 0.15) is 34.8 Å². The fraction of sp³-hybridized carbons (Fsp3) is 0.455. The van der Waals surface area contributed by atoms with E-state index in [1.165, 1.54) is 6.92 Å². The number of fused-ring (bicyclic) bond motifs is 5. The Balaban J connectivity index is 1.40. The van der Waals surface area contributed by atoms with Crippen molar-refractivity contribution in [3.63, 3.8) is 0 Å². The highest BCUT2D eigenvalue weighted by atomic mass is 16.5. The Hall–Kier alpha value is -2.76. The highest BCUT2D eigenvalue weighted by Crippen LogP contribution is 2.52. The quantitative estimate of drug-likeness (QED) is 0.338. The number of imide groups is 1. The van der Waals surface area contributed by atoms with E-state index in [4.69, 9.17) is 4.74 Å². The Labute approximate surface area is 163 Å². The first-order valence-corrected chi connectivity index (χ1v) is 9.62. The van der Waals surface area contributed by atoms with Gasteiger partial charge in [0.15, 0.2) is 12.4 Å². The number of likely N-dealkylation sites (tertiary alicyclic amines) is 1. The van der Waals surface area contributed by atoms with Crippen LogP contribution >= 0.6 is 0 Å². The number of allylic oxidation sites excluding steroid dienone is 2. The van der Waals surface area contributed by atoms with E-state index in [0.717, 1.165) is 22.4 Å². The maximum absolute atomic E-state index is 12.8. The predicted octanol–water partition coefficient (Wildman–Crippen LogP) is 2.22. The Morgan fingerprint density at radius 3 is 2.25 bits per heavy atom. The zero-order chi connectivity index (χ0) is 20.2. The molecule has 146 valence electrons. The molecule has 6 heteroatoms. The third kappa shape index (κ3) is 2.79. The summed E-state index contributed by atoms with van der Waals surface area (Å²) in [6, 6.07) is 4.26. The minimum absolute atomic E-state index is 0.0889. The maximum Gasteiger partial charge on any atom is 0.329 e. The zero-order valence-electron chi connectivity index (χ0n) is 16.2. The molecule has 0 spiro atoms. The van der Waals surface area contributed by atoms with Crippen LogP contribution < -0.4 is 0 Å². The number of benzene rings is 1. The number of esters is 1. The van der Waals surface area contributed by atoms with Crippen LogP contribution in [0.3, 0.4) is 0 Å². The van der Waals surface area contributed by atoms with E-state index in [0.29, 0.717) is 5.56 Å². The number of ketones is 1. The van der Waals surface area contributed by atoms with Gasteiger partial charge in [-0.2, -0.15) is 0 Å². The van der Waals surface area contributed by atoms with Crippen LogP contribution in [-0.2, 0) is 19.1 Å². The second kappa shape index (κ2) is 6.69. The minimum atomic E-state index is -1.03. The van der Waals surface area contributed by atoms with Crippen molar-refractivity contribution in [1.82, 2.24) is 4.90 Å². The van der Waals surface area contributed by atoms with E-state index in [9.17, 15) is 19.2 Å². The zero-order valence-corrected chi connectivity index (χ0v) is 16.2. The number of carbonyl (C=O) groups excluding carboxylic acids is 4. The van der Waals surface area contributed by atoms with Crippen molar-refractivity contribution in [3.05, 3.63) is 47.0 Å². The summed E-state index contributed by atoms with van der Waals surface area (Å²) in [6.45, 7) is 4.92. The Morgan fingerprint density at radius 1 is 1.07 bits per heavy atom. The molecular weight excluding hydrogens is 358 g/mol. The van der Waals surface area contributed by atoms with E-state index in [-0.39, 0.29) is 41.3 Å². The van der Waals surface area contributed by atoms with Gasteiger partial charge in [0.05, 0.1) is 11.8 Å². The van der Waals surface area contributed by atoms with E-state index in [2.05, 4.69) is 0 Å². The fourth-order valence-electron chi connectivity index (χ4n) is 4.67. The molecule has 6 nitrogen and oxygen atoms in total. The van der Waals surface area contributed by atoms with E-state index < -0.39 is 18.6 Å². The van der Waals surface area contributed by atoms with Crippen LogP contribution in [0, 0.1) is 37.5 Å². The molecule has 1 aromatic rings. The lowest BCUT2D eigenvalue weighted by Gasteiger charge is -2.23. The molecule has 0 radical (unpaired) electrons. The molecule has 1 aliphatic heterocycles. The summed E-state index contributed by atoms with van der Waals surface area (Å²) in [7, 11) is 0. The standard InChI is InChI=1S/C22H23NO5/c1-11-4-5-14(8-12(11)2)17(24)10-28-22(27)13(3)23-20(25)18-15-6-7-16(9-15)19(18)21(23)26/h4-8,13,15-16,18-19H,9-10H2,1-3H3/t13-,15-,16+,18+,19-/m1/s1. The average Bonchev–Trinajstić information content (AvgIpc) is 3.35. The van der Waals surface area contributed by atoms with Crippen LogP contribution in [0.25, 0.3) is 0 Å². The van der Waals surface area contributed by atoms with Gasteiger partial charge in [-0.1, -0.05) is 24.3 Å². The molecule has 2 fully saturated rings. The van der Waals surface area contributed by atoms with Gasteiger partial charge in [0.2, 0.25) is 11.8 Å². The van der Waals surface area contributed by atoms with Gasteiger partial charge in [-0.15, -0.1) is 0 Å². The number of carbonyl (C=O) groups is 4. The van der Waals surface area contributed by atoms with E-state index >= 15 is 0 Å². The molecule has 28 heavy (non-hydrogen) atoms. The molecule has 1 heterocycles. The van der Waals surface area contributed by atoms with Crippen molar-refractivity contribution in [2.75, 3.05) is 6.61 Å². The molecule has 0 aromatic heterocycles. The lowest BCUT2D eigenvalue weighted by Crippen LogP contribution is -2.45. The van der Waals surface area contributed by atoms with Gasteiger partial charge in [0.1, 0.15) is 6.04 Å². The number of aryl methyl sites for hydroxylation is 2. The first kappa shape index (κ1) is 18.6. The molecule has 1 saturated carbocycles. The summed E-state index contributed by atoms with van der Waals surface area (Å²) < 4.78 is 5.14. The summed E-state index contributed by atoms with van der Waals surface area (Å²) in [4.78, 5) is 51.3. The monoisotopic (exact) mass is 381 g/mol. The summed E-state index contributed by atoms with van der Waals surface area (Å²) in [6.07, 6.45) is 4.85. The van der Waals surface area contributed by atoms with Crippen molar-refractivity contribution < 1.29 is 23.9 Å². The van der Waals surface area contributed by atoms with Gasteiger partial charge in [-0.05, 0) is 56.2 Å². The van der Waals surface area contributed by atoms with E-state index in [1.807, 2.05) is 32.1 Å². The number of nitrogens with zero attached hydrogens (tertiary/aromatic N) is 1. The van der Waals surface area contributed by atoms with Crippen molar-refractivity contribution in [3.8, 4) is 0 Å². The van der Waals surface area contributed by atoms with Crippen LogP contribution in [0.15, 0.2) is 30.4 Å². The molecular formula is C22H23NO5. The van der Waals surface area contributed by atoms with Gasteiger partial charge >= 0.3 is 5.97 Å². The molecule has 2 aliphatic carbocycles. The molecule has 1 aromatic carbocycles. The second-order valence-corrected chi connectivity index (χ2v) is 8.05. The van der Waals surface area contributed by atoms with Gasteiger partial charge in [0, 0.05) is 5.56 Å². The van der Waals surface area contributed by atoms with Gasteiger partial charge in [-0.25, -0.2) is 4.79 Å². The number of hydrogen-bond acceptors (Lipinski definition) is 5. The summed E-state index contributed by atoms with van der Waals surface area (Å²) >= 11 is 0. The Morgan fingerprint density at radius 2 is 1.68 bits per heavy atom. The fourth-order valence-corrected chi connectivity index (χ4v) is 4.67. The number of ether oxygens (including phenoxy) is 1. The van der Waals surface area contributed by atoms with Crippen LogP contribution in [0.4, 0.5) is 0 Å². The number of amides is 2. The lowest BCUT2D eigenvalue weighted by atomic mass is 9.85. The summed E-state index contributed by atoms with van der Waals surface area (Å²) in [5, 5.41) is 0. The highest BCUT2D eigenvalue weighted by molar-refractivity contribution is 6.09. The minimum Gasteiger partial charge on any atom is -0.456 e. The number of hydrogen-bond donors (Lipinski definition) is 0. The Bertz CT molecular complexity index is 888. The third-order valence-corrected chi connectivity index (χ3v) is 6.41. The van der Waals surface area contributed by atoms with Crippen molar-refractivity contribution in [2.24, 2.45) is 23.7 Å². The highest BCUT2D eigenvalue weighted by Gasteiger charge is 2.60. The average molecular weight is 381 g/mol. The van der Waals surface area contributed by atoms with E-state index in [1.54, 1.807) is 12.1 Å². The SMILES string of the molecule is Cc1ccc(C(=O)COC(=O)[C@@H](C)N2C(=O)[C@@H]3[C@H](C2=O)[C@H]2C=C[C@@H]3C2)cc1C. The first-order chi connectivity index (χ1) is 13.3. The maximum atomic E-state index is 12.8. The van der Waals surface area contributed by atoms with Gasteiger partial charge in [-0.3, -0.25) is 19.3 Å². The molecule has 4 rings (SSSR count). The largest absolute Gasteiger partial charge is 0.456 e. The molecule has 1 saturated heterocycles. The molecule has 2 amide bonds. The lowest BCUT2D eigenvalue weighted by molar-refractivity contribution is -0.157. The topological polar surface area (TPSA) is 80.8 Å². The van der Waals surface area contributed by atoms with Gasteiger partial charge in [0.25, 0.3) is 0 Å². The van der Waals surface area contributed by atoms with Gasteiger partial charge < -0.3 is 4.74 Å². The second-order valence-electron chi connectivity index (χ2n) is 8.05. The molecule has 2 bridgehead atoms. The third-order valence-electron chi connectivity index (χ3n) is 6.41. The smallest absolute Gasteiger partial charge is 0.329 e. The van der Waals surface area contributed by atoms with Crippen molar-refractivity contribution in [2.45, 2.75) is 33.2 Å². The molecule has 5 atom stereocenters. The summed E-state index contributed by atoms with van der Waals surface area (Å²) in [5.41, 5.74) is 2.52. The molecule has 0 N–H and O–H groups in total. The van der Waals surface area contributed by atoms with Crippen LogP contribution in [0.2, 0.25) is 0 Å². The van der Waals surface area contributed by atoms with Crippen LogP contribution in [0.5, 0.6) is 0 Å². The number of Topliss-reactive ketones (excluding diaryl/α,β-unsaturated/α-hetero) is 1. The Kier molecular flexibility index (Phi) is 4.44. The number of rotatable bonds is 5. The predicted molar refractivity (Wildman–Crippen MR) is 100 cm³/mol. The van der Waals surface area contributed by atoms with Crippen LogP contribution in [-0.4, -0.2) is 41.1 Å². The van der Waals surface area contributed by atoms with Crippen molar-refractivity contribution in [1.29, 1.82) is 0 Å². The molecule has 3 aliphatic rings. The normalized spacial score (nSPS) is 28.6. The van der Waals surface area contributed by atoms with Crippen molar-refractivity contribution >= 4 is 23.6 Å².